The third-order valence-electron chi connectivity index (χ3n) is 3.04. The van der Waals surface area contributed by atoms with Crippen molar-refractivity contribution in [3.8, 4) is 0 Å². The molecular formula is C16H17FN2O. The first kappa shape index (κ1) is 14.2. The number of hydrogen-bond acceptors (Lipinski definition) is 2. The van der Waals surface area contributed by atoms with Gasteiger partial charge in [-0.25, -0.2) is 4.39 Å². The predicted molar refractivity (Wildman–Crippen MR) is 76.5 cm³/mol. The fraction of sp³-hybridized carbons (Fsp3) is 0.188. The number of hydrogen-bond donors (Lipinski definition) is 2. The number of nitrogens with one attached hydrogen (secondary N) is 1. The van der Waals surface area contributed by atoms with E-state index in [0.717, 1.165) is 11.1 Å². The summed E-state index contributed by atoms with van der Waals surface area (Å²) in [6.45, 7) is 0.433. The molecule has 0 aliphatic heterocycles. The molecule has 0 radical (unpaired) electrons. The summed E-state index contributed by atoms with van der Waals surface area (Å²) in [4.78, 5) is 11.9. The van der Waals surface area contributed by atoms with Gasteiger partial charge in [-0.05, 0) is 29.7 Å². The molecule has 0 heterocycles. The maximum atomic E-state index is 13.0. The van der Waals surface area contributed by atoms with Crippen molar-refractivity contribution < 1.29 is 9.18 Å². The van der Waals surface area contributed by atoms with Gasteiger partial charge in [0.2, 0.25) is 5.91 Å². The molecule has 1 unspecified atom stereocenters. The van der Waals surface area contributed by atoms with Gasteiger partial charge in [-0.3, -0.25) is 4.79 Å². The molecule has 2 aromatic rings. The van der Waals surface area contributed by atoms with Crippen molar-refractivity contribution in [2.75, 3.05) is 6.54 Å². The first-order valence-electron chi connectivity index (χ1n) is 6.49. The largest absolute Gasteiger partial charge is 0.354 e. The van der Waals surface area contributed by atoms with Gasteiger partial charge in [-0.2, -0.15) is 0 Å². The fourth-order valence-corrected chi connectivity index (χ4v) is 1.94. The molecule has 0 aliphatic rings. The SMILES string of the molecule is NC(C(=O)NCCc1cccc(F)c1)c1ccccc1. The Morgan fingerprint density at radius 3 is 2.60 bits per heavy atom. The first-order valence-corrected chi connectivity index (χ1v) is 6.49. The van der Waals surface area contributed by atoms with Crippen LogP contribution in [-0.2, 0) is 11.2 Å². The van der Waals surface area contributed by atoms with Crippen LogP contribution in [0.2, 0.25) is 0 Å². The highest BCUT2D eigenvalue weighted by molar-refractivity contribution is 5.82. The van der Waals surface area contributed by atoms with Gasteiger partial charge >= 0.3 is 0 Å². The summed E-state index contributed by atoms with van der Waals surface area (Å²) in [5.41, 5.74) is 7.49. The Morgan fingerprint density at radius 2 is 1.90 bits per heavy atom. The zero-order valence-corrected chi connectivity index (χ0v) is 11.1. The number of rotatable bonds is 5. The second-order valence-electron chi connectivity index (χ2n) is 4.56. The summed E-state index contributed by atoms with van der Waals surface area (Å²) < 4.78 is 13.0. The molecular weight excluding hydrogens is 255 g/mol. The zero-order valence-electron chi connectivity index (χ0n) is 11.1. The van der Waals surface area contributed by atoms with Gasteiger partial charge in [-0.15, -0.1) is 0 Å². The van der Waals surface area contributed by atoms with Crippen LogP contribution in [0.5, 0.6) is 0 Å². The van der Waals surface area contributed by atoms with Gasteiger partial charge in [0.25, 0.3) is 0 Å². The summed E-state index contributed by atoms with van der Waals surface area (Å²) in [6.07, 6.45) is 0.574. The summed E-state index contributed by atoms with van der Waals surface area (Å²) in [5.74, 6) is -0.498. The molecule has 1 atom stereocenters. The molecule has 0 saturated heterocycles. The molecule has 0 fully saturated rings. The van der Waals surface area contributed by atoms with Crippen molar-refractivity contribution in [3.63, 3.8) is 0 Å². The van der Waals surface area contributed by atoms with E-state index < -0.39 is 6.04 Å². The minimum absolute atomic E-state index is 0.229. The van der Waals surface area contributed by atoms with Crippen LogP contribution in [0.1, 0.15) is 17.2 Å². The number of carbonyl (C=O) groups is 1. The molecule has 20 heavy (non-hydrogen) atoms. The molecule has 3 N–H and O–H groups in total. The summed E-state index contributed by atoms with van der Waals surface area (Å²) in [7, 11) is 0. The van der Waals surface area contributed by atoms with Crippen molar-refractivity contribution in [3.05, 3.63) is 71.5 Å². The van der Waals surface area contributed by atoms with Crippen molar-refractivity contribution >= 4 is 5.91 Å². The predicted octanol–water partition coefficient (Wildman–Crippen LogP) is 2.18. The average molecular weight is 272 g/mol. The Balaban J connectivity index is 1.83. The standard InChI is InChI=1S/C16H17FN2O/c17-14-8-4-5-12(11-14)9-10-19-16(20)15(18)13-6-2-1-3-7-13/h1-8,11,15H,9-10,18H2,(H,19,20). The van der Waals surface area contributed by atoms with E-state index in [0.29, 0.717) is 13.0 Å². The smallest absolute Gasteiger partial charge is 0.241 e. The lowest BCUT2D eigenvalue weighted by Gasteiger charge is -2.12. The first-order chi connectivity index (χ1) is 9.66. The summed E-state index contributed by atoms with van der Waals surface area (Å²) in [6, 6.07) is 14.9. The van der Waals surface area contributed by atoms with Crippen molar-refractivity contribution in [1.29, 1.82) is 0 Å². The molecule has 104 valence electrons. The number of carbonyl (C=O) groups excluding carboxylic acids is 1. The number of amides is 1. The average Bonchev–Trinajstić information content (AvgIpc) is 2.47. The van der Waals surface area contributed by atoms with Crippen molar-refractivity contribution in [2.45, 2.75) is 12.5 Å². The van der Waals surface area contributed by atoms with Gasteiger partial charge in [0.05, 0.1) is 0 Å². The van der Waals surface area contributed by atoms with Crippen LogP contribution < -0.4 is 11.1 Å². The second kappa shape index (κ2) is 6.82. The molecule has 2 aromatic carbocycles. The minimum atomic E-state index is -0.677. The Bertz CT molecular complexity index is 572. The van der Waals surface area contributed by atoms with Gasteiger partial charge in [-0.1, -0.05) is 42.5 Å². The highest BCUT2D eigenvalue weighted by Crippen LogP contribution is 2.09. The van der Waals surface area contributed by atoms with Crippen molar-refractivity contribution in [1.82, 2.24) is 5.32 Å². The molecule has 0 spiro atoms. The highest BCUT2D eigenvalue weighted by Gasteiger charge is 2.14. The molecule has 0 saturated carbocycles. The number of nitrogens with two attached hydrogens (primary N) is 1. The minimum Gasteiger partial charge on any atom is -0.354 e. The fourth-order valence-electron chi connectivity index (χ4n) is 1.94. The maximum Gasteiger partial charge on any atom is 0.241 e. The van der Waals surface area contributed by atoms with E-state index in [9.17, 15) is 9.18 Å². The Hall–Kier alpha value is -2.20. The molecule has 2 rings (SSSR count). The lowest BCUT2D eigenvalue weighted by molar-refractivity contribution is -0.122. The molecule has 0 bridgehead atoms. The zero-order chi connectivity index (χ0) is 14.4. The van der Waals surface area contributed by atoms with E-state index in [2.05, 4.69) is 5.32 Å². The second-order valence-corrected chi connectivity index (χ2v) is 4.56. The van der Waals surface area contributed by atoms with Crippen LogP contribution in [0.3, 0.4) is 0 Å². The van der Waals surface area contributed by atoms with E-state index in [1.807, 2.05) is 36.4 Å². The van der Waals surface area contributed by atoms with Gasteiger partial charge in [0, 0.05) is 6.54 Å². The molecule has 0 aromatic heterocycles. The van der Waals surface area contributed by atoms with Gasteiger partial charge < -0.3 is 11.1 Å². The Kier molecular flexibility index (Phi) is 4.85. The number of benzene rings is 2. The topological polar surface area (TPSA) is 55.1 Å². The van der Waals surface area contributed by atoms with Gasteiger partial charge in [0.1, 0.15) is 11.9 Å². The van der Waals surface area contributed by atoms with E-state index in [-0.39, 0.29) is 11.7 Å². The van der Waals surface area contributed by atoms with Crippen LogP contribution >= 0.6 is 0 Å². The number of halogens is 1. The van der Waals surface area contributed by atoms with E-state index in [1.54, 1.807) is 6.07 Å². The molecule has 1 amide bonds. The van der Waals surface area contributed by atoms with Crippen LogP contribution in [-0.4, -0.2) is 12.5 Å². The third-order valence-corrected chi connectivity index (χ3v) is 3.04. The Morgan fingerprint density at radius 1 is 1.15 bits per heavy atom. The summed E-state index contributed by atoms with van der Waals surface area (Å²) >= 11 is 0. The van der Waals surface area contributed by atoms with Crippen LogP contribution in [0.25, 0.3) is 0 Å². The lowest BCUT2D eigenvalue weighted by atomic mass is 10.1. The monoisotopic (exact) mass is 272 g/mol. The van der Waals surface area contributed by atoms with Crippen LogP contribution in [0, 0.1) is 5.82 Å². The third kappa shape index (κ3) is 3.90. The van der Waals surface area contributed by atoms with Crippen LogP contribution in [0.15, 0.2) is 54.6 Å². The van der Waals surface area contributed by atoms with Crippen molar-refractivity contribution in [2.24, 2.45) is 5.73 Å². The highest BCUT2D eigenvalue weighted by atomic mass is 19.1. The molecule has 3 nitrogen and oxygen atoms in total. The Labute approximate surface area is 117 Å². The lowest BCUT2D eigenvalue weighted by Crippen LogP contribution is -2.35. The molecule has 0 aliphatic carbocycles. The quantitative estimate of drug-likeness (QED) is 0.876. The molecule has 4 heteroatoms. The van der Waals surface area contributed by atoms with Crippen LogP contribution in [0.4, 0.5) is 4.39 Å². The van der Waals surface area contributed by atoms with Gasteiger partial charge in [0.15, 0.2) is 0 Å². The van der Waals surface area contributed by atoms with E-state index in [4.69, 9.17) is 5.73 Å². The van der Waals surface area contributed by atoms with E-state index >= 15 is 0 Å². The van der Waals surface area contributed by atoms with E-state index in [1.165, 1.54) is 12.1 Å². The summed E-state index contributed by atoms with van der Waals surface area (Å²) in [5, 5.41) is 2.76. The normalized spacial score (nSPS) is 11.9. The maximum absolute atomic E-state index is 13.0.